The van der Waals surface area contributed by atoms with Crippen molar-refractivity contribution in [3.8, 4) is 0 Å². The molecule has 2 heterocycles. The van der Waals surface area contributed by atoms with Crippen LogP contribution in [0.2, 0.25) is 0 Å². The number of fused-ring (bicyclic) bond motifs is 1. The Bertz CT molecular complexity index is 740. The monoisotopic (exact) mass is 313 g/mol. The van der Waals surface area contributed by atoms with Crippen LogP contribution in [0.5, 0.6) is 0 Å². The summed E-state index contributed by atoms with van der Waals surface area (Å²) in [6.07, 6.45) is 3.61. The van der Waals surface area contributed by atoms with E-state index in [2.05, 4.69) is 43.3 Å². The molecular formula is C15H12BrN3. The number of aromatic nitrogens is 2. The molecule has 3 aromatic rings. The maximum atomic E-state index is 4.43. The quantitative estimate of drug-likeness (QED) is 0.759. The average Bonchev–Trinajstić information content (AvgIpc) is 2.42. The molecule has 0 saturated carbocycles. The summed E-state index contributed by atoms with van der Waals surface area (Å²) in [6, 6.07) is 12.2. The smallest absolute Gasteiger partial charge is 0.133 e. The summed E-state index contributed by atoms with van der Waals surface area (Å²) in [5, 5.41) is 4.41. The second-order valence-corrected chi connectivity index (χ2v) is 5.28. The number of benzene rings is 1. The van der Waals surface area contributed by atoms with Crippen LogP contribution in [0.25, 0.3) is 10.9 Å². The van der Waals surface area contributed by atoms with Crippen molar-refractivity contribution in [3.05, 3.63) is 58.8 Å². The van der Waals surface area contributed by atoms with Crippen LogP contribution < -0.4 is 5.32 Å². The molecule has 0 unspecified atom stereocenters. The van der Waals surface area contributed by atoms with Gasteiger partial charge in [0.25, 0.3) is 0 Å². The molecule has 2 aromatic heterocycles. The third-order valence-corrected chi connectivity index (χ3v) is 3.33. The van der Waals surface area contributed by atoms with Gasteiger partial charge in [0.15, 0.2) is 0 Å². The Balaban J connectivity index is 1.96. The van der Waals surface area contributed by atoms with Crippen molar-refractivity contribution >= 4 is 38.3 Å². The van der Waals surface area contributed by atoms with E-state index in [1.165, 1.54) is 0 Å². The van der Waals surface area contributed by atoms with Crippen LogP contribution >= 0.6 is 15.9 Å². The van der Waals surface area contributed by atoms with Crippen LogP contribution in [0.1, 0.15) is 5.56 Å². The third kappa shape index (κ3) is 2.58. The standard InChI is InChI=1S/C15H12BrN3/c1-10-6-12(16)8-18-15(10)19-13-7-11-4-2-3-5-14(11)17-9-13/h2-9H,1H3,(H,18,19). The summed E-state index contributed by atoms with van der Waals surface area (Å²) in [6.45, 7) is 2.02. The molecule has 0 saturated heterocycles. The first kappa shape index (κ1) is 12.1. The molecule has 0 spiro atoms. The predicted molar refractivity (Wildman–Crippen MR) is 81.7 cm³/mol. The number of anilines is 2. The Morgan fingerprint density at radius 1 is 1.05 bits per heavy atom. The Morgan fingerprint density at radius 3 is 2.74 bits per heavy atom. The van der Waals surface area contributed by atoms with Gasteiger partial charge in [-0.05, 0) is 46.6 Å². The molecule has 0 bridgehead atoms. The summed E-state index contributed by atoms with van der Waals surface area (Å²) < 4.78 is 0.979. The van der Waals surface area contributed by atoms with E-state index >= 15 is 0 Å². The highest BCUT2D eigenvalue weighted by atomic mass is 79.9. The lowest BCUT2D eigenvalue weighted by Crippen LogP contribution is -1.96. The van der Waals surface area contributed by atoms with E-state index in [-0.39, 0.29) is 0 Å². The second-order valence-electron chi connectivity index (χ2n) is 4.36. The van der Waals surface area contributed by atoms with Crippen molar-refractivity contribution in [2.24, 2.45) is 0 Å². The van der Waals surface area contributed by atoms with Crippen molar-refractivity contribution in [1.29, 1.82) is 0 Å². The number of para-hydroxylation sites is 1. The van der Waals surface area contributed by atoms with Gasteiger partial charge in [0.2, 0.25) is 0 Å². The Labute approximate surface area is 119 Å². The lowest BCUT2D eigenvalue weighted by atomic mass is 10.2. The first-order valence-electron chi connectivity index (χ1n) is 5.96. The summed E-state index contributed by atoms with van der Waals surface area (Å²) in [5.74, 6) is 0.847. The van der Waals surface area contributed by atoms with Crippen molar-refractivity contribution in [3.63, 3.8) is 0 Å². The van der Waals surface area contributed by atoms with Gasteiger partial charge in [0, 0.05) is 16.1 Å². The van der Waals surface area contributed by atoms with E-state index in [1.54, 1.807) is 6.20 Å². The maximum Gasteiger partial charge on any atom is 0.133 e. The summed E-state index contributed by atoms with van der Waals surface area (Å²) in [4.78, 5) is 8.79. The molecule has 0 aliphatic carbocycles. The zero-order valence-electron chi connectivity index (χ0n) is 10.4. The summed E-state index contributed by atoms with van der Waals surface area (Å²) in [5.41, 5.74) is 3.02. The molecule has 1 aromatic carbocycles. The molecular weight excluding hydrogens is 302 g/mol. The van der Waals surface area contributed by atoms with E-state index < -0.39 is 0 Å². The number of hydrogen-bond donors (Lipinski definition) is 1. The molecule has 94 valence electrons. The van der Waals surface area contributed by atoms with Gasteiger partial charge in [0.1, 0.15) is 5.82 Å². The van der Waals surface area contributed by atoms with Gasteiger partial charge in [-0.3, -0.25) is 4.98 Å². The average molecular weight is 314 g/mol. The van der Waals surface area contributed by atoms with E-state index in [4.69, 9.17) is 0 Å². The molecule has 4 heteroatoms. The van der Waals surface area contributed by atoms with E-state index in [1.807, 2.05) is 37.4 Å². The van der Waals surface area contributed by atoms with Crippen molar-refractivity contribution < 1.29 is 0 Å². The van der Waals surface area contributed by atoms with Gasteiger partial charge in [-0.2, -0.15) is 0 Å². The van der Waals surface area contributed by atoms with Gasteiger partial charge in [-0.1, -0.05) is 18.2 Å². The minimum Gasteiger partial charge on any atom is -0.339 e. The van der Waals surface area contributed by atoms with Gasteiger partial charge in [-0.15, -0.1) is 0 Å². The Morgan fingerprint density at radius 2 is 1.89 bits per heavy atom. The maximum absolute atomic E-state index is 4.43. The minimum absolute atomic E-state index is 0.847. The van der Waals surface area contributed by atoms with Crippen LogP contribution in [-0.2, 0) is 0 Å². The number of pyridine rings is 2. The van der Waals surface area contributed by atoms with Crippen LogP contribution in [0, 0.1) is 6.92 Å². The van der Waals surface area contributed by atoms with E-state index in [9.17, 15) is 0 Å². The zero-order valence-corrected chi connectivity index (χ0v) is 12.0. The van der Waals surface area contributed by atoms with Crippen molar-refractivity contribution in [1.82, 2.24) is 9.97 Å². The number of nitrogens with one attached hydrogen (secondary N) is 1. The molecule has 0 fully saturated rings. The minimum atomic E-state index is 0.847. The lowest BCUT2D eigenvalue weighted by Gasteiger charge is -2.09. The molecule has 3 rings (SSSR count). The highest BCUT2D eigenvalue weighted by Gasteiger charge is 2.02. The molecule has 0 radical (unpaired) electrons. The zero-order chi connectivity index (χ0) is 13.2. The van der Waals surface area contributed by atoms with E-state index in [0.29, 0.717) is 0 Å². The third-order valence-electron chi connectivity index (χ3n) is 2.90. The molecule has 1 N–H and O–H groups in total. The predicted octanol–water partition coefficient (Wildman–Crippen LogP) is 4.44. The first-order chi connectivity index (χ1) is 9.22. The van der Waals surface area contributed by atoms with Crippen LogP contribution in [0.15, 0.2) is 53.3 Å². The van der Waals surface area contributed by atoms with Crippen LogP contribution in [0.4, 0.5) is 11.5 Å². The molecule has 0 aliphatic rings. The second kappa shape index (κ2) is 4.97. The van der Waals surface area contributed by atoms with Gasteiger partial charge < -0.3 is 5.32 Å². The van der Waals surface area contributed by atoms with Crippen LogP contribution in [0.3, 0.4) is 0 Å². The number of hydrogen-bond acceptors (Lipinski definition) is 3. The number of rotatable bonds is 2. The fourth-order valence-electron chi connectivity index (χ4n) is 1.95. The molecule has 0 amide bonds. The molecule has 19 heavy (non-hydrogen) atoms. The number of halogens is 1. The van der Waals surface area contributed by atoms with Gasteiger partial charge in [0.05, 0.1) is 17.4 Å². The van der Waals surface area contributed by atoms with E-state index in [0.717, 1.165) is 32.4 Å². The van der Waals surface area contributed by atoms with Crippen molar-refractivity contribution in [2.75, 3.05) is 5.32 Å². The van der Waals surface area contributed by atoms with Gasteiger partial charge >= 0.3 is 0 Å². The highest BCUT2D eigenvalue weighted by molar-refractivity contribution is 9.10. The van der Waals surface area contributed by atoms with Gasteiger partial charge in [-0.25, -0.2) is 4.98 Å². The fraction of sp³-hybridized carbons (Fsp3) is 0.0667. The topological polar surface area (TPSA) is 37.8 Å². The SMILES string of the molecule is Cc1cc(Br)cnc1Nc1cnc2ccccc2c1. The Hall–Kier alpha value is -1.94. The summed E-state index contributed by atoms with van der Waals surface area (Å²) >= 11 is 3.41. The molecule has 0 aliphatic heterocycles. The number of aryl methyl sites for hydroxylation is 1. The lowest BCUT2D eigenvalue weighted by molar-refractivity contribution is 1.24. The largest absolute Gasteiger partial charge is 0.339 e. The first-order valence-corrected chi connectivity index (χ1v) is 6.75. The highest BCUT2D eigenvalue weighted by Crippen LogP contribution is 2.22. The molecule has 3 nitrogen and oxygen atoms in total. The van der Waals surface area contributed by atoms with Crippen molar-refractivity contribution in [2.45, 2.75) is 6.92 Å². The van der Waals surface area contributed by atoms with Crippen LogP contribution in [-0.4, -0.2) is 9.97 Å². The number of nitrogens with zero attached hydrogens (tertiary/aromatic N) is 2. The summed E-state index contributed by atoms with van der Waals surface area (Å²) in [7, 11) is 0. The Kier molecular flexibility index (Phi) is 3.17. The normalized spacial score (nSPS) is 10.6. The fourth-order valence-corrected chi connectivity index (χ4v) is 2.39. The molecule has 0 atom stereocenters.